The molecule has 0 bridgehead atoms. The van der Waals surface area contributed by atoms with Gasteiger partial charge in [0.2, 0.25) is 0 Å². The summed E-state index contributed by atoms with van der Waals surface area (Å²) in [7, 11) is -0.0165. The smallest absolute Gasteiger partial charge is 0.466 e. The van der Waals surface area contributed by atoms with Gasteiger partial charge >= 0.3 is 14.8 Å². The number of halogens is 1. The molecule has 173 valence electrons. The van der Waals surface area contributed by atoms with Crippen LogP contribution < -0.4 is 5.19 Å². The number of benzene rings is 1. The van der Waals surface area contributed by atoms with Crippen molar-refractivity contribution in [2.24, 2.45) is 0 Å². The van der Waals surface area contributed by atoms with Gasteiger partial charge in [-0.3, -0.25) is 4.79 Å². The van der Waals surface area contributed by atoms with Crippen LogP contribution in [0, 0.1) is 0 Å². The van der Waals surface area contributed by atoms with E-state index in [9.17, 15) is 4.79 Å². The maximum atomic E-state index is 9.82. The van der Waals surface area contributed by atoms with Gasteiger partial charge in [-0.1, -0.05) is 72.5 Å². The molecule has 0 fully saturated rings. The number of ether oxygens (including phenoxy) is 1. The fourth-order valence-corrected chi connectivity index (χ4v) is 4.28. The van der Waals surface area contributed by atoms with Crippen LogP contribution in [0.2, 0.25) is 0 Å². The average Bonchev–Trinajstić information content (AvgIpc) is 2.70. The van der Waals surface area contributed by atoms with Crippen molar-refractivity contribution in [2.45, 2.75) is 48.0 Å². The monoisotopic (exact) mass is 620 g/mol. The molecule has 0 heterocycles. The molecule has 0 aromatic heterocycles. The van der Waals surface area contributed by atoms with Crippen LogP contribution in [0.1, 0.15) is 48.0 Å². The summed E-state index contributed by atoms with van der Waals surface area (Å²) >= 11 is 1.98. The normalized spacial score (nSPS) is 10.1. The predicted octanol–water partition coefficient (Wildman–Crippen LogP) is 4.99. The Morgan fingerprint density at radius 1 is 1.00 bits per heavy atom. The summed E-state index contributed by atoms with van der Waals surface area (Å²) in [5, 5.41) is 1.03. The first-order chi connectivity index (χ1) is 13.9. The summed E-state index contributed by atoms with van der Waals surface area (Å²) in [6.45, 7) is 13.8. The van der Waals surface area contributed by atoms with Crippen molar-refractivity contribution in [3.05, 3.63) is 30.3 Å². The second kappa shape index (κ2) is 28.9. The molecule has 0 aliphatic carbocycles. The van der Waals surface area contributed by atoms with Gasteiger partial charge in [-0.2, -0.15) is 0 Å². The third kappa shape index (κ3) is 21.9. The molecule has 0 aliphatic rings. The minimum atomic E-state index is -2.67. The van der Waals surface area contributed by atoms with Gasteiger partial charge in [-0.25, -0.2) is 0 Å². The van der Waals surface area contributed by atoms with E-state index in [0.717, 1.165) is 5.19 Å². The Bertz CT molecular complexity index is 449. The van der Waals surface area contributed by atoms with Crippen molar-refractivity contribution in [3.63, 3.8) is 0 Å². The summed E-state index contributed by atoms with van der Waals surface area (Å²) < 4.78 is 28.0. The summed E-state index contributed by atoms with van der Waals surface area (Å²) in [6, 6.07) is 9.95. The van der Waals surface area contributed by atoms with Gasteiger partial charge in [0.1, 0.15) is 0 Å². The molecule has 0 spiro atoms. The average molecular weight is 620 g/mol. The molecule has 0 N–H and O–H groups in total. The maximum Gasteiger partial charge on any atom is 0.537 e. The van der Waals surface area contributed by atoms with Crippen LogP contribution in [-0.2, 0) is 39.9 Å². The van der Waals surface area contributed by atoms with E-state index in [1.807, 2.05) is 73.1 Å². The van der Waals surface area contributed by atoms with Crippen molar-refractivity contribution >= 4 is 58.1 Å². The zero-order chi connectivity index (χ0) is 23.0. The molecule has 5 nitrogen and oxygen atoms in total. The molecular formula is C19H39IMnO5P2Si. The fourth-order valence-electron chi connectivity index (χ4n) is 1.79. The van der Waals surface area contributed by atoms with Crippen molar-refractivity contribution in [2.75, 3.05) is 32.6 Å². The van der Waals surface area contributed by atoms with E-state index in [4.69, 9.17) is 14.6 Å². The van der Waals surface area contributed by atoms with E-state index < -0.39 is 8.80 Å². The molecule has 1 aromatic carbocycles. The maximum absolute atomic E-state index is 9.82. The van der Waals surface area contributed by atoms with Gasteiger partial charge in [0.05, 0.1) is 7.89 Å². The molecule has 1 rings (SSSR count). The van der Waals surface area contributed by atoms with Crippen LogP contribution in [0.4, 0.5) is 0 Å². The van der Waals surface area contributed by atoms with E-state index in [2.05, 4.69) is 20.9 Å². The van der Waals surface area contributed by atoms with E-state index >= 15 is 0 Å². The predicted molar refractivity (Wildman–Crippen MR) is 138 cm³/mol. The molecule has 0 aliphatic heterocycles. The van der Waals surface area contributed by atoms with Crippen LogP contribution in [0.15, 0.2) is 30.3 Å². The van der Waals surface area contributed by atoms with Gasteiger partial charge < -0.3 is 18.0 Å². The molecule has 0 amide bonds. The minimum Gasteiger partial charge on any atom is -0.466 e. The first-order valence-corrected chi connectivity index (χ1v) is 15.6. The number of esters is 1. The third-order valence-electron chi connectivity index (χ3n) is 2.77. The zero-order valence-electron chi connectivity index (χ0n) is 19.5. The van der Waals surface area contributed by atoms with Gasteiger partial charge in [-0.05, 0) is 33.9 Å². The fraction of sp³-hybridized carbons (Fsp3) is 0.632. The van der Waals surface area contributed by atoms with Gasteiger partial charge in [-0.15, -0.1) is 9.24 Å². The molecule has 2 unspecified atom stereocenters. The summed E-state index contributed by atoms with van der Waals surface area (Å²) in [4.78, 5) is 9.82. The third-order valence-corrected chi connectivity index (χ3v) is 6.39. The van der Waals surface area contributed by atoms with Crippen molar-refractivity contribution in [3.8, 4) is 0 Å². The quantitative estimate of drug-likeness (QED) is 0.169. The summed E-state index contributed by atoms with van der Waals surface area (Å²) in [6.07, 6.45) is 2.52. The van der Waals surface area contributed by atoms with Gasteiger partial charge in [0.15, 0.2) is 0 Å². The number of hydrogen-bond donors (Lipinski definition) is 0. The largest absolute Gasteiger partial charge is 0.537 e. The Morgan fingerprint density at radius 2 is 1.38 bits per heavy atom. The molecule has 0 saturated carbocycles. The molecule has 29 heavy (non-hydrogen) atoms. The Balaban J connectivity index is -0.000000200. The Morgan fingerprint density at radius 3 is 1.59 bits per heavy atom. The zero-order valence-corrected chi connectivity index (χ0v) is 25.0. The van der Waals surface area contributed by atoms with Crippen LogP contribution >= 0.6 is 38.1 Å². The molecule has 1 aromatic rings. The number of hydrogen-bond acceptors (Lipinski definition) is 5. The Hall–Kier alpha value is 0.896. The molecule has 10 heteroatoms. The topological polar surface area (TPSA) is 54.0 Å². The second-order valence-corrected chi connectivity index (χ2v) is 8.07. The van der Waals surface area contributed by atoms with E-state index in [0.29, 0.717) is 33.3 Å². The van der Waals surface area contributed by atoms with E-state index in [1.165, 1.54) is 19.5 Å². The van der Waals surface area contributed by atoms with Crippen LogP contribution in [0.3, 0.4) is 0 Å². The minimum absolute atomic E-state index is 0. The number of rotatable bonds is 9. The van der Waals surface area contributed by atoms with Gasteiger partial charge in [0, 0.05) is 49.0 Å². The molecular weight excluding hydrogens is 580 g/mol. The van der Waals surface area contributed by atoms with Gasteiger partial charge in [0.25, 0.3) is 0 Å². The summed E-state index contributed by atoms with van der Waals surface area (Å²) in [5.74, 6) is -0.211. The standard InChI is InChI=1S/C12H20O3Si.C4H8O2.C3H9P.H2IP.Mn/c1-4-13-16(14-5-2,15-6-3)12-10-8-7-9-11-12;1-3-6-4(2)5;1-2-3-4;1-2;/h7-11H,4-6H2,1-3H3;3H2,1-2H3;2-4H2,1H3;2H2;/i;;;2D;. The number of carbonyl (C=O) groups excluding carboxylic acids is 1. The first-order valence-electron chi connectivity index (χ1n) is 9.97. The van der Waals surface area contributed by atoms with E-state index in [-0.39, 0.29) is 23.0 Å². The van der Waals surface area contributed by atoms with E-state index in [1.54, 1.807) is 6.92 Å². The molecule has 0 saturated heterocycles. The van der Waals surface area contributed by atoms with Crippen molar-refractivity contribution in [1.29, 1.82) is 1.28 Å². The first kappa shape index (κ1) is 34.5. The Labute approximate surface area is 209 Å². The Kier molecular flexibility index (Phi) is 34.4. The van der Waals surface area contributed by atoms with Crippen molar-refractivity contribution < 1.29 is 39.9 Å². The van der Waals surface area contributed by atoms with Crippen LogP contribution in [0.25, 0.3) is 0 Å². The SMILES string of the molecule is CCCP.CCOC(C)=O.CCO[Si](OCC)(OCC)c1ccccc1.[2H]PI.[Mn]. The molecule has 1 radical (unpaired) electrons. The van der Waals surface area contributed by atoms with Crippen LogP contribution in [0.5, 0.6) is 0 Å². The number of carbonyl (C=O) groups is 1. The second-order valence-electron chi connectivity index (χ2n) is 4.93. The van der Waals surface area contributed by atoms with Crippen LogP contribution in [-0.4, -0.2) is 48.6 Å². The van der Waals surface area contributed by atoms with Crippen molar-refractivity contribution in [1.82, 2.24) is 0 Å². The summed E-state index contributed by atoms with van der Waals surface area (Å²) in [5.41, 5.74) is 0. The molecule has 2 atom stereocenters.